The molecule has 2 N–H and O–H groups in total. The summed E-state index contributed by atoms with van der Waals surface area (Å²) in [6.45, 7) is 4.32. The lowest BCUT2D eigenvalue weighted by Crippen LogP contribution is -2.53. The van der Waals surface area contributed by atoms with Gasteiger partial charge in [0.25, 0.3) is 0 Å². The van der Waals surface area contributed by atoms with Crippen LogP contribution in [0.25, 0.3) is 0 Å². The second-order valence-corrected chi connectivity index (χ2v) is 5.34. The Labute approximate surface area is 128 Å². The highest BCUT2D eigenvalue weighted by Crippen LogP contribution is 2.32. The van der Waals surface area contributed by atoms with Gasteiger partial charge in [0, 0.05) is 24.8 Å². The van der Waals surface area contributed by atoms with Crippen LogP contribution in [-0.4, -0.2) is 55.6 Å². The molecule has 2 aliphatic rings. The molecule has 0 spiro atoms. The van der Waals surface area contributed by atoms with E-state index in [1.807, 2.05) is 4.90 Å². The number of hydrogen-bond acceptors (Lipinski definition) is 5. The molecule has 3 rings (SSSR count). The van der Waals surface area contributed by atoms with Crippen LogP contribution in [0.4, 0.5) is 5.69 Å². The van der Waals surface area contributed by atoms with Gasteiger partial charge in [0.15, 0.2) is 11.5 Å². The number of rotatable bonds is 3. The van der Waals surface area contributed by atoms with E-state index in [2.05, 4.69) is 10.6 Å². The maximum atomic E-state index is 12.3. The van der Waals surface area contributed by atoms with Gasteiger partial charge in [-0.25, -0.2) is 0 Å². The van der Waals surface area contributed by atoms with Crippen LogP contribution in [0.15, 0.2) is 18.2 Å². The predicted molar refractivity (Wildman–Crippen MR) is 80.1 cm³/mol. The van der Waals surface area contributed by atoms with Gasteiger partial charge in [-0.15, -0.1) is 0 Å². The zero-order valence-electron chi connectivity index (χ0n) is 12.4. The van der Waals surface area contributed by atoms with Gasteiger partial charge in [-0.2, -0.15) is 0 Å². The molecule has 2 amide bonds. The minimum Gasteiger partial charge on any atom is -0.486 e. The lowest BCUT2D eigenvalue weighted by molar-refractivity contribution is -0.127. The van der Waals surface area contributed by atoms with Crippen molar-refractivity contribution in [1.82, 2.24) is 10.2 Å². The zero-order chi connectivity index (χ0) is 15.5. The van der Waals surface area contributed by atoms with Crippen LogP contribution in [0.1, 0.15) is 6.92 Å². The molecule has 1 fully saturated rings. The van der Waals surface area contributed by atoms with E-state index in [0.29, 0.717) is 43.5 Å². The quantitative estimate of drug-likeness (QED) is 0.835. The summed E-state index contributed by atoms with van der Waals surface area (Å²) in [6.07, 6.45) is 0. The maximum absolute atomic E-state index is 12.3. The molecule has 1 atom stereocenters. The van der Waals surface area contributed by atoms with Crippen molar-refractivity contribution >= 4 is 17.5 Å². The molecule has 0 radical (unpaired) electrons. The molecule has 0 unspecified atom stereocenters. The number of anilines is 1. The Bertz CT molecular complexity index is 590. The number of carbonyl (C=O) groups excluding carboxylic acids is 2. The van der Waals surface area contributed by atoms with Gasteiger partial charge >= 0.3 is 0 Å². The Morgan fingerprint density at radius 1 is 1.32 bits per heavy atom. The minimum atomic E-state index is -0.376. The minimum absolute atomic E-state index is 0.0507. The number of nitrogens with zero attached hydrogens (tertiary/aromatic N) is 1. The van der Waals surface area contributed by atoms with Gasteiger partial charge in [-0.1, -0.05) is 0 Å². The molecule has 2 aliphatic heterocycles. The average Bonchev–Trinajstić information content (AvgIpc) is 2.54. The van der Waals surface area contributed by atoms with Crippen LogP contribution < -0.4 is 20.1 Å². The fraction of sp³-hybridized carbons (Fsp3) is 0.467. The third kappa shape index (κ3) is 3.14. The van der Waals surface area contributed by atoms with Gasteiger partial charge in [0.2, 0.25) is 11.8 Å². The first-order chi connectivity index (χ1) is 10.6. The van der Waals surface area contributed by atoms with Crippen molar-refractivity contribution in [3.8, 4) is 11.5 Å². The summed E-state index contributed by atoms with van der Waals surface area (Å²) in [6, 6.07) is 4.94. The van der Waals surface area contributed by atoms with Crippen molar-refractivity contribution in [2.24, 2.45) is 0 Å². The number of ether oxygens (including phenoxy) is 2. The monoisotopic (exact) mass is 305 g/mol. The summed E-state index contributed by atoms with van der Waals surface area (Å²) in [7, 11) is 0. The molecule has 7 heteroatoms. The molecule has 0 aromatic heterocycles. The van der Waals surface area contributed by atoms with E-state index >= 15 is 0 Å². The summed E-state index contributed by atoms with van der Waals surface area (Å²) < 4.78 is 10.9. The van der Waals surface area contributed by atoms with Gasteiger partial charge in [-0.05, 0) is 19.1 Å². The lowest BCUT2D eigenvalue weighted by Gasteiger charge is -2.31. The van der Waals surface area contributed by atoms with Crippen molar-refractivity contribution in [3.05, 3.63) is 18.2 Å². The van der Waals surface area contributed by atoms with Crippen molar-refractivity contribution in [2.45, 2.75) is 13.0 Å². The molecule has 22 heavy (non-hydrogen) atoms. The fourth-order valence-electron chi connectivity index (χ4n) is 2.52. The summed E-state index contributed by atoms with van der Waals surface area (Å²) in [5.74, 6) is 1.12. The molecule has 0 bridgehead atoms. The predicted octanol–water partition coefficient (Wildman–Crippen LogP) is 0.217. The van der Waals surface area contributed by atoms with E-state index in [1.54, 1.807) is 25.1 Å². The van der Waals surface area contributed by atoms with Gasteiger partial charge < -0.3 is 20.1 Å². The molecule has 0 aliphatic carbocycles. The van der Waals surface area contributed by atoms with Crippen LogP contribution >= 0.6 is 0 Å². The van der Waals surface area contributed by atoms with Gasteiger partial charge in [0.1, 0.15) is 13.2 Å². The molecule has 0 saturated carbocycles. The second kappa shape index (κ2) is 6.23. The van der Waals surface area contributed by atoms with Crippen LogP contribution in [0.5, 0.6) is 11.5 Å². The van der Waals surface area contributed by atoms with Crippen LogP contribution in [0.3, 0.4) is 0 Å². The number of nitrogens with one attached hydrogen (secondary N) is 2. The average molecular weight is 305 g/mol. The van der Waals surface area contributed by atoms with Gasteiger partial charge in [-0.3, -0.25) is 14.5 Å². The highest BCUT2D eigenvalue weighted by atomic mass is 16.6. The van der Waals surface area contributed by atoms with Crippen molar-refractivity contribution in [1.29, 1.82) is 0 Å². The largest absolute Gasteiger partial charge is 0.486 e. The highest BCUT2D eigenvalue weighted by molar-refractivity contribution is 5.95. The summed E-state index contributed by atoms with van der Waals surface area (Å²) in [5.41, 5.74) is 0.655. The van der Waals surface area contributed by atoms with Crippen LogP contribution in [0.2, 0.25) is 0 Å². The first-order valence-electron chi connectivity index (χ1n) is 7.35. The van der Waals surface area contributed by atoms with E-state index in [0.717, 1.165) is 0 Å². The molecular weight excluding hydrogens is 286 g/mol. The first kappa shape index (κ1) is 14.6. The second-order valence-electron chi connectivity index (χ2n) is 5.34. The Balaban J connectivity index is 1.64. The number of carbonyl (C=O) groups is 2. The van der Waals surface area contributed by atoms with E-state index < -0.39 is 0 Å². The maximum Gasteiger partial charge on any atom is 0.241 e. The normalized spacial score (nSPS) is 19.2. The van der Waals surface area contributed by atoms with Crippen molar-refractivity contribution in [3.63, 3.8) is 0 Å². The van der Waals surface area contributed by atoms with Crippen molar-refractivity contribution < 1.29 is 19.1 Å². The number of hydrogen-bond donors (Lipinski definition) is 2. The third-order valence-electron chi connectivity index (χ3n) is 3.80. The van der Waals surface area contributed by atoms with Crippen molar-refractivity contribution in [2.75, 3.05) is 38.2 Å². The molecule has 1 aromatic carbocycles. The summed E-state index contributed by atoms with van der Waals surface area (Å²) in [4.78, 5) is 25.6. The molecular formula is C15H19N3O4. The molecule has 1 saturated heterocycles. The number of piperazine rings is 1. The zero-order valence-corrected chi connectivity index (χ0v) is 12.4. The number of benzene rings is 1. The lowest BCUT2D eigenvalue weighted by atomic mass is 10.2. The Hall–Kier alpha value is -2.28. The summed E-state index contributed by atoms with van der Waals surface area (Å²) in [5, 5.41) is 5.60. The Kier molecular flexibility index (Phi) is 4.15. The first-order valence-corrected chi connectivity index (χ1v) is 7.35. The topological polar surface area (TPSA) is 79.9 Å². The van der Waals surface area contributed by atoms with Crippen LogP contribution in [0, 0.1) is 0 Å². The van der Waals surface area contributed by atoms with Gasteiger partial charge in [0.05, 0.1) is 12.6 Å². The Morgan fingerprint density at radius 2 is 2.09 bits per heavy atom. The van der Waals surface area contributed by atoms with E-state index in [4.69, 9.17) is 9.47 Å². The summed E-state index contributed by atoms with van der Waals surface area (Å²) >= 11 is 0. The van der Waals surface area contributed by atoms with Crippen LogP contribution in [-0.2, 0) is 9.59 Å². The molecule has 1 aromatic rings. The SMILES string of the molecule is C[C@H](C(=O)Nc1ccc2c(c1)OCCO2)N1CCNC(=O)C1. The third-order valence-corrected chi connectivity index (χ3v) is 3.80. The smallest absolute Gasteiger partial charge is 0.241 e. The number of fused-ring (bicyclic) bond motifs is 1. The standard InChI is InChI=1S/C15H19N3O4/c1-10(18-5-4-16-14(19)9-18)15(20)17-11-2-3-12-13(8-11)22-7-6-21-12/h2-3,8,10H,4-7,9H2,1H3,(H,16,19)(H,17,20)/t10-/m1/s1. The Morgan fingerprint density at radius 3 is 2.86 bits per heavy atom. The molecule has 118 valence electrons. The fourth-order valence-corrected chi connectivity index (χ4v) is 2.52. The highest BCUT2D eigenvalue weighted by Gasteiger charge is 2.26. The molecule has 7 nitrogen and oxygen atoms in total. The van der Waals surface area contributed by atoms with E-state index in [1.165, 1.54) is 0 Å². The number of amides is 2. The van der Waals surface area contributed by atoms with E-state index in [9.17, 15) is 9.59 Å². The van der Waals surface area contributed by atoms with E-state index in [-0.39, 0.29) is 24.4 Å². The molecule has 2 heterocycles.